The Hall–Kier alpha value is -2.98. The number of ether oxygens (including phenoxy) is 3. The highest BCUT2D eigenvalue weighted by atomic mass is 16.5. The van der Waals surface area contributed by atoms with Gasteiger partial charge in [-0.05, 0) is 96.8 Å². The molecule has 0 N–H and O–H groups in total. The standard InChI is InChI=1S/C33H43NO3/c1-33(2,3)28-11-17-31(18-12-28)37-24-6-21-34-22-19-27(20-23-34)32(25-7-13-29(35-4)14-8-25)26-9-15-30(36-5)16-10-26/h7-18,27,32H,6,19-24H2,1-5H3. The molecule has 1 saturated heterocycles. The van der Waals surface area contributed by atoms with Crippen molar-refractivity contribution in [3.63, 3.8) is 0 Å². The molecule has 1 aliphatic heterocycles. The van der Waals surface area contributed by atoms with Crippen LogP contribution in [0.2, 0.25) is 0 Å². The lowest BCUT2D eigenvalue weighted by atomic mass is 9.76. The molecule has 0 aromatic heterocycles. The molecule has 4 rings (SSSR count). The number of piperidine rings is 1. The van der Waals surface area contributed by atoms with Gasteiger partial charge in [-0.1, -0.05) is 57.2 Å². The van der Waals surface area contributed by atoms with E-state index < -0.39 is 0 Å². The third kappa shape index (κ3) is 7.29. The van der Waals surface area contributed by atoms with Crippen LogP contribution in [-0.4, -0.2) is 45.4 Å². The van der Waals surface area contributed by atoms with Gasteiger partial charge >= 0.3 is 0 Å². The van der Waals surface area contributed by atoms with Gasteiger partial charge in [-0.25, -0.2) is 0 Å². The van der Waals surface area contributed by atoms with Crippen molar-refractivity contribution < 1.29 is 14.2 Å². The molecule has 0 atom stereocenters. The van der Waals surface area contributed by atoms with E-state index in [2.05, 4.69) is 98.5 Å². The summed E-state index contributed by atoms with van der Waals surface area (Å²) in [5.74, 6) is 3.75. The molecule has 0 saturated carbocycles. The first-order chi connectivity index (χ1) is 17.9. The molecule has 1 fully saturated rings. The maximum absolute atomic E-state index is 6.03. The van der Waals surface area contributed by atoms with E-state index in [4.69, 9.17) is 14.2 Å². The maximum atomic E-state index is 6.03. The van der Waals surface area contributed by atoms with Crippen molar-refractivity contribution in [2.24, 2.45) is 5.92 Å². The highest BCUT2D eigenvalue weighted by Gasteiger charge is 2.29. The van der Waals surface area contributed by atoms with Crippen molar-refractivity contribution >= 4 is 0 Å². The number of likely N-dealkylation sites (tertiary alicyclic amines) is 1. The number of hydrogen-bond donors (Lipinski definition) is 0. The Balaban J connectivity index is 1.31. The van der Waals surface area contributed by atoms with Crippen LogP contribution in [0.1, 0.15) is 62.6 Å². The summed E-state index contributed by atoms with van der Waals surface area (Å²) in [6, 6.07) is 25.8. The van der Waals surface area contributed by atoms with E-state index in [-0.39, 0.29) is 5.41 Å². The van der Waals surface area contributed by atoms with Crippen LogP contribution in [-0.2, 0) is 5.41 Å². The Morgan fingerprint density at radius 3 is 1.68 bits per heavy atom. The molecular formula is C33H43NO3. The van der Waals surface area contributed by atoms with Gasteiger partial charge < -0.3 is 19.1 Å². The maximum Gasteiger partial charge on any atom is 0.119 e. The van der Waals surface area contributed by atoms with Gasteiger partial charge in [0.15, 0.2) is 0 Å². The van der Waals surface area contributed by atoms with E-state index in [0.29, 0.717) is 11.8 Å². The number of benzene rings is 3. The van der Waals surface area contributed by atoms with Crippen LogP contribution in [0.5, 0.6) is 17.2 Å². The Morgan fingerprint density at radius 2 is 1.22 bits per heavy atom. The molecule has 0 aliphatic carbocycles. The molecule has 4 nitrogen and oxygen atoms in total. The zero-order valence-electron chi connectivity index (χ0n) is 23.2. The lowest BCUT2D eigenvalue weighted by Gasteiger charge is -2.36. The van der Waals surface area contributed by atoms with E-state index in [9.17, 15) is 0 Å². The van der Waals surface area contributed by atoms with Gasteiger partial charge in [0.05, 0.1) is 20.8 Å². The molecule has 37 heavy (non-hydrogen) atoms. The number of hydrogen-bond acceptors (Lipinski definition) is 4. The van der Waals surface area contributed by atoms with Crippen LogP contribution >= 0.6 is 0 Å². The van der Waals surface area contributed by atoms with Crippen LogP contribution in [0.3, 0.4) is 0 Å². The smallest absolute Gasteiger partial charge is 0.119 e. The number of methoxy groups -OCH3 is 2. The summed E-state index contributed by atoms with van der Waals surface area (Å²) >= 11 is 0. The summed E-state index contributed by atoms with van der Waals surface area (Å²) in [5, 5.41) is 0. The quantitative estimate of drug-likeness (QED) is 0.273. The average Bonchev–Trinajstić information content (AvgIpc) is 2.92. The molecule has 4 heteroatoms. The summed E-state index contributed by atoms with van der Waals surface area (Å²) in [7, 11) is 3.44. The third-order valence-corrected chi connectivity index (χ3v) is 7.66. The highest BCUT2D eigenvalue weighted by Crippen LogP contribution is 2.39. The van der Waals surface area contributed by atoms with E-state index in [1.807, 2.05) is 0 Å². The van der Waals surface area contributed by atoms with E-state index in [1.165, 1.54) is 29.5 Å². The molecular weight excluding hydrogens is 458 g/mol. The Morgan fingerprint density at radius 1 is 0.730 bits per heavy atom. The van der Waals surface area contributed by atoms with Gasteiger partial charge in [-0.15, -0.1) is 0 Å². The second-order valence-electron chi connectivity index (χ2n) is 11.2. The van der Waals surface area contributed by atoms with Crippen LogP contribution < -0.4 is 14.2 Å². The van der Waals surface area contributed by atoms with Crippen LogP contribution in [0.25, 0.3) is 0 Å². The molecule has 3 aromatic carbocycles. The Bertz CT molecular complexity index is 1030. The Kier molecular flexibility index (Phi) is 9.15. The second kappa shape index (κ2) is 12.5. The molecule has 3 aromatic rings. The normalized spacial score (nSPS) is 15.1. The third-order valence-electron chi connectivity index (χ3n) is 7.66. The van der Waals surface area contributed by atoms with Crippen LogP contribution in [0, 0.1) is 5.92 Å². The minimum atomic E-state index is 0.171. The monoisotopic (exact) mass is 501 g/mol. The first-order valence-electron chi connectivity index (χ1n) is 13.6. The van der Waals surface area contributed by atoms with Crippen molar-refractivity contribution in [1.29, 1.82) is 0 Å². The molecule has 0 unspecified atom stereocenters. The fourth-order valence-electron chi connectivity index (χ4n) is 5.40. The van der Waals surface area contributed by atoms with E-state index in [1.54, 1.807) is 14.2 Å². The van der Waals surface area contributed by atoms with Crippen LogP contribution in [0.4, 0.5) is 0 Å². The minimum absolute atomic E-state index is 0.171. The summed E-state index contributed by atoms with van der Waals surface area (Å²) in [4.78, 5) is 2.60. The predicted octanol–water partition coefficient (Wildman–Crippen LogP) is 7.31. The summed E-state index contributed by atoms with van der Waals surface area (Å²) in [5.41, 5.74) is 4.22. The first kappa shape index (κ1) is 27.1. The molecule has 1 aliphatic rings. The predicted molar refractivity (Wildman–Crippen MR) is 152 cm³/mol. The Labute approximate surface area is 223 Å². The second-order valence-corrected chi connectivity index (χ2v) is 11.2. The van der Waals surface area contributed by atoms with Crippen molar-refractivity contribution in [3.05, 3.63) is 89.5 Å². The lowest BCUT2D eigenvalue weighted by molar-refractivity contribution is 0.163. The summed E-state index contributed by atoms with van der Waals surface area (Å²) in [6.45, 7) is 10.8. The zero-order chi connectivity index (χ0) is 26.3. The number of nitrogens with zero attached hydrogens (tertiary/aromatic N) is 1. The van der Waals surface area contributed by atoms with E-state index >= 15 is 0 Å². The molecule has 0 spiro atoms. The molecule has 0 bridgehead atoms. The highest BCUT2D eigenvalue weighted by molar-refractivity contribution is 5.39. The van der Waals surface area contributed by atoms with Gasteiger partial charge in [-0.3, -0.25) is 0 Å². The molecule has 1 heterocycles. The van der Waals surface area contributed by atoms with Gasteiger partial charge in [0.25, 0.3) is 0 Å². The van der Waals surface area contributed by atoms with Crippen LogP contribution in [0.15, 0.2) is 72.8 Å². The largest absolute Gasteiger partial charge is 0.497 e. The van der Waals surface area contributed by atoms with Gasteiger partial charge in [0.2, 0.25) is 0 Å². The van der Waals surface area contributed by atoms with Gasteiger partial charge in [0.1, 0.15) is 17.2 Å². The lowest BCUT2D eigenvalue weighted by Crippen LogP contribution is -2.36. The first-order valence-corrected chi connectivity index (χ1v) is 13.6. The molecule has 198 valence electrons. The SMILES string of the molecule is COc1ccc(C(c2ccc(OC)cc2)C2CCN(CCCOc3ccc(C(C)(C)C)cc3)CC2)cc1. The fraction of sp³-hybridized carbons (Fsp3) is 0.455. The molecule has 0 amide bonds. The topological polar surface area (TPSA) is 30.9 Å². The number of rotatable bonds is 10. The van der Waals surface area contributed by atoms with E-state index in [0.717, 1.165) is 49.9 Å². The summed E-state index contributed by atoms with van der Waals surface area (Å²) in [6.07, 6.45) is 3.43. The van der Waals surface area contributed by atoms with Crippen molar-refractivity contribution in [3.8, 4) is 17.2 Å². The van der Waals surface area contributed by atoms with Crippen molar-refractivity contribution in [1.82, 2.24) is 4.90 Å². The van der Waals surface area contributed by atoms with Gasteiger partial charge in [0, 0.05) is 12.5 Å². The van der Waals surface area contributed by atoms with Crippen molar-refractivity contribution in [2.45, 2.75) is 51.4 Å². The minimum Gasteiger partial charge on any atom is -0.497 e. The average molecular weight is 502 g/mol. The fourth-order valence-corrected chi connectivity index (χ4v) is 5.40. The van der Waals surface area contributed by atoms with Gasteiger partial charge in [-0.2, -0.15) is 0 Å². The molecule has 0 radical (unpaired) electrons. The van der Waals surface area contributed by atoms with Crippen molar-refractivity contribution in [2.75, 3.05) is 40.5 Å². The zero-order valence-corrected chi connectivity index (χ0v) is 23.2. The summed E-state index contributed by atoms with van der Waals surface area (Å²) < 4.78 is 16.8.